The van der Waals surface area contributed by atoms with Gasteiger partial charge in [-0.05, 0) is 25.1 Å². The fourth-order valence-electron chi connectivity index (χ4n) is 2.45. The first-order valence-electron chi connectivity index (χ1n) is 7.49. The van der Waals surface area contributed by atoms with E-state index in [1.165, 1.54) is 16.8 Å². The maximum Gasteiger partial charge on any atom is 0.131 e. The molecule has 2 heterocycles. The molecule has 0 saturated heterocycles. The topological polar surface area (TPSA) is 63.8 Å². The van der Waals surface area contributed by atoms with E-state index in [4.69, 9.17) is 0 Å². The van der Waals surface area contributed by atoms with Crippen molar-refractivity contribution in [2.24, 2.45) is 0 Å². The molecular weight excluding hydrogens is 314 g/mol. The van der Waals surface area contributed by atoms with Gasteiger partial charge in [-0.3, -0.25) is 4.98 Å². The van der Waals surface area contributed by atoms with Gasteiger partial charge in [0.05, 0.1) is 17.4 Å². The molecule has 0 aliphatic carbocycles. The minimum Gasteiger partial charge on any atom is -0.386 e. The lowest BCUT2D eigenvalue weighted by Crippen LogP contribution is -2.09. The van der Waals surface area contributed by atoms with Crippen LogP contribution in [-0.4, -0.2) is 25.1 Å². The maximum atomic E-state index is 13.9. The van der Waals surface area contributed by atoms with Crippen LogP contribution < -0.4 is 0 Å². The summed E-state index contributed by atoms with van der Waals surface area (Å²) in [5.74, 6) is -1.26. The predicted octanol–water partition coefficient (Wildman–Crippen LogP) is 2.84. The molecule has 2 atom stereocenters. The summed E-state index contributed by atoms with van der Waals surface area (Å²) in [6.45, 7) is 1.74. The quantitative estimate of drug-likeness (QED) is 0.781. The van der Waals surface area contributed by atoms with Crippen LogP contribution in [-0.2, 0) is 6.42 Å². The first kappa shape index (κ1) is 16.2. The number of hydrogen-bond donors (Lipinski definition) is 1. The first-order chi connectivity index (χ1) is 11.5. The van der Waals surface area contributed by atoms with Gasteiger partial charge in [-0.2, -0.15) is 0 Å². The largest absolute Gasteiger partial charge is 0.386 e. The summed E-state index contributed by atoms with van der Waals surface area (Å²) >= 11 is 0. The second kappa shape index (κ2) is 6.84. The van der Waals surface area contributed by atoms with Gasteiger partial charge in [0.2, 0.25) is 0 Å². The number of rotatable bonds is 5. The lowest BCUT2D eigenvalue weighted by molar-refractivity contribution is 0.172. The van der Waals surface area contributed by atoms with Gasteiger partial charge in [-0.1, -0.05) is 17.3 Å². The van der Waals surface area contributed by atoms with Gasteiger partial charge < -0.3 is 5.11 Å². The Morgan fingerprint density at radius 2 is 2.04 bits per heavy atom. The van der Waals surface area contributed by atoms with Crippen molar-refractivity contribution in [3.8, 4) is 0 Å². The number of aromatic nitrogens is 4. The summed E-state index contributed by atoms with van der Waals surface area (Å²) in [6.07, 6.45) is 2.69. The monoisotopic (exact) mass is 330 g/mol. The molecular formula is C17H16F2N4O. The molecule has 0 saturated carbocycles. The van der Waals surface area contributed by atoms with E-state index in [-0.39, 0.29) is 6.42 Å². The highest BCUT2D eigenvalue weighted by atomic mass is 19.1. The lowest BCUT2D eigenvalue weighted by atomic mass is 10.1. The fourth-order valence-corrected chi connectivity index (χ4v) is 2.45. The number of aliphatic hydroxyl groups is 1. The summed E-state index contributed by atoms with van der Waals surface area (Å²) in [6, 6.07) is 8.28. The van der Waals surface area contributed by atoms with Crippen molar-refractivity contribution < 1.29 is 13.9 Å². The summed E-state index contributed by atoms with van der Waals surface area (Å²) < 4.78 is 28.4. The zero-order valence-corrected chi connectivity index (χ0v) is 13.0. The molecule has 124 valence electrons. The predicted molar refractivity (Wildman–Crippen MR) is 83.1 cm³/mol. The van der Waals surface area contributed by atoms with Gasteiger partial charge in [0.15, 0.2) is 0 Å². The lowest BCUT2D eigenvalue weighted by Gasteiger charge is -2.12. The number of aliphatic hydroxyl groups excluding tert-OH is 1. The number of hydrogen-bond acceptors (Lipinski definition) is 4. The number of nitrogens with zero attached hydrogens (tertiary/aromatic N) is 4. The van der Waals surface area contributed by atoms with Crippen LogP contribution in [0.15, 0.2) is 48.8 Å². The van der Waals surface area contributed by atoms with Crippen LogP contribution in [0.4, 0.5) is 8.78 Å². The Bertz CT molecular complexity index is 822. The Balaban J connectivity index is 1.75. The molecule has 0 bridgehead atoms. The molecule has 1 N–H and O–H groups in total. The summed E-state index contributed by atoms with van der Waals surface area (Å²) in [5.41, 5.74) is 1.42. The fraction of sp³-hybridized carbons (Fsp3) is 0.235. The van der Waals surface area contributed by atoms with E-state index < -0.39 is 23.8 Å². The molecule has 3 aromatic rings. The second-order valence-electron chi connectivity index (χ2n) is 5.51. The zero-order chi connectivity index (χ0) is 17.1. The third-order valence-corrected chi connectivity index (χ3v) is 3.80. The van der Waals surface area contributed by atoms with Crippen LogP contribution in [0.1, 0.15) is 36.0 Å². The highest BCUT2D eigenvalue weighted by molar-refractivity contribution is 5.22. The average molecular weight is 330 g/mol. The molecule has 1 aromatic carbocycles. The van der Waals surface area contributed by atoms with E-state index in [1.807, 2.05) is 0 Å². The Kier molecular flexibility index (Phi) is 4.61. The van der Waals surface area contributed by atoms with E-state index in [2.05, 4.69) is 15.3 Å². The van der Waals surface area contributed by atoms with Crippen molar-refractivity contribution in [3.63, 3.8) is 0 Å². The van der Waals surface area contributed by atoms with E-state index in [0.717, 1.165) is 6.07 Å². The van der Waals surface area contributed by atoms with Crippen LogP contribution in [0, 0.1) is 11.6 Å². The van der Waals surface area contributed by atoms with Gasteiger partial charge in [0.25, 0.3) is 0 Å². The zero-order valence-electron chi connectivity index (χ0n) is 13.0. The molecule has 0 amide bonds. The molecule has 0 fully saturated rings. The van der Waals surface area contributed by atoms with Crippen LogP contribution >= 0.6 is 0 Å². The van der Waals surface area contributed by atoms with Crippen molar-refractivity contribution in [3.05, 3.63) is 77.4 Å². The first-order valence-corrected chi connectivity index (χ1v) is 7.49. The number of halogens is 2. The Hall–Kier alpha value is -2.67. The molecule has 0 spiro atoms. The van der Waals surface area contributed by atoms with Gasteiger partial charge in [0, 0.05) is 30.4 Å². The van der Waals surface area contributed by atoms with Gasteiger partial charge in [-0.15, -0.1) is 5.10 Å². The van der Waals surface area contributed by atoms with Crippen molar-refractivity contribution in [1.29, 1.82) is 0 Å². The highest BCUT2D eigenvalue weighted by Crippen LogP contribution is 2.22. The minimum atomic E-state index is -0.797. The van der Waals surface area contributed by atoms with Gasteiger partial charge >= 0.3 is 0 Å². The molecule has 3 rings (SSSR count). The smallest absolute Gasteiger partial charge is 0.131 e. The molecule has 0 aliphatic heterocycles. The van der Waals surface area contributed by atoms with E-state index in [0.29, 0.717) is 17.0 Å². The summed E-state index contributed by atoms with van der Waals surface area (Å²) in [7, 11) is 0. The molecule has 0 radical (unpaired) electrons. The van der Waals surface area contributed by atoms with Crippen molar-refractivity contribution in [2.75, 3.05) is 0 Å². The normalized spacial score (nSPS) is 13.7. The third kappa shape index (κ3) is 3.46. The summed E-state index contributed by atoms with van der Waals surface area (Å²) in [4.78, 5) is 4.09. The van der Waals surface area contributed by atoms with Gasteiger partial charge in [-0.25, -0.2) is 13.5 Å². The van der Waals surface area contributed by atoms with Crippen LogP contribution in [0.3, 0.4) is 0 Å². The number of pyridine rings is 1. The molecule has 0 aliphatic rings. The molecule has 2 aromatic heterocycles. The summed E-state index contributed by atoms with van der Waals surface area (Å²) in [5, 5.41) is 18.2. The van der Waals surface area contributed by atoms with Crippen molar-refractivity contribution in [1.82, 2.24) is 20.0 Å². The Morgan fingerprint density at radius 1 is 1.21 bits per heavy atom. The average Bonchev–Trinajstić information content (AvgIpc) is 3.03. The molecule has 24 heavy (non-hydrogen) atoms. The molecule has 7 heteroatoms. The molecule has 1 unspecified atom stereocenters. The Morgan fingerprint density at radius 3 is 2.75 bits per heavy atom. The van der Waals surface area contributed by atoms with E-state index >= 15 is 0 Å². The SMILES string of the molecule is C[C@H](c1ccc(F)cc1F)n1cc(CC(O)c2ccccn2)nn1. The van der Waals surface area contributed by atoms with Crippen LogP contribution in [0.2, 0.25) is 0 Å². The molecule has 5 nitrogen and oxygen atoms in total. The van der Waals surface area contributed by atoms with E-state index in [9.17, 15) is 13.9 Å². The van der Waals surface area contributed by atoms with Gasteiger partial charge in [0.1, 0.15) is 17.7 Å². The minimum absolute atomic E-state index is 0.246. The number of benzene rings is 1. The van der Waals surface area contributed by atoms with Crippen LogP contribution in [0.5, 0.6) is 0 Å². The van der Waals surface area contributed by atoms with Crippen LogP contribution in [0.25, 0.3) is 0 Å². The third-order valence-electron chi connectivity index (χ3n) is 3.80. The Labute approximate surface area is 137 Å². The van der Waals surface area contributed by atoms with E-state index in [1.54, 1.807) is 37.5 Å². The second-order valence-corrected chi connectivity index (χ2v) is 5.51. The van der Waals surface area contributed by atoms with Crippen molar-refractivity contribution in [2.45, 2.75) is 25.5 Å². The maximum absolute atomic E-state index is 13.9. The van der Waals surface area contributed by atoms with Crippen molar-refractivity contribution >= 4 is 0 Å². The standard InChI is InChI=1S/C17H16F2N4O/c1-11(14-6-5-12(18)8-15(14)19)23-10-13(21-22-23)9-17(24)16-4-2-3-7-20-16/h2-8,10-11,17,24H,9H2,1H3/t11-,17?/m1/s1. The highest BCUT2D eigenvalue weighted by Gasteiger charge is 2.17.